The van der Waals surface area contributed by atoms with E-state index in [-0.39, 0.29) is 30.5 Å². The standard InChI is InChI=1S/C28H36ClF2N3O3/c1-17(35)34-22(12-18-5-7-20(29)8-6-18)24(36)16-32-23-14-28(9-4-10-28)37-25-21(23)11-19(15-33-25)13-27(2,3)26(30)31/h5-8,11,15,22-24,26,32,36H,4,9-10,12-14,16H2,1-3H3,(H,34,35)/t22-,23-,24+/m0/s1. The molecular weight excluding hydrogens is 500 g/mol. The highest BCUT2D eigenvalue weighted by atomic mass is 35.5. The average molecular weight is 536 g/mol. The van der Waals surface area contributed by atoms with Crippen LogP contribution in [0.1, 0.15) is 69.2 Å². The van der Waals surface area contributed by atoms with Crippen molar-refractivity contribution in [3.05, 3.63) is 58.2 Å². The van der Waals surface area contributed by atoms with Gasteiger partial charge in [0.15, 0.2) is 0 Å². The Morgan fingerprint density at radius 3 is 2.57 bits per heavy atom. The summed E-state index contributed by atoms with van der Waals surface area (Å²) in [6.45, 7) is 4.75. The zero-order chi connectivity index (χ0) is 26.8. The summed E-state index contributed by atoms with van der Waals surface area (Å²) in [5, 5.41) is 18.0. The molecule has 1 aliphatic carbocycles. The van der Waals surface area contributed by atoms with Gasteiger partial charge in [0.1, 0.15) is 5.60 Å². The number of ether oxygens (including phenoxy) is 1. The summed E-state index contributed by atoms with van der Waals surface area (Å²) < 4.78 is 33.3. The van der Waals surface area contributed by atoms with Crippen molar-refractivity contribution in [2.75, 3.05) is 6.54 Å². The highest BCUT2D eigenvalue weighted by molar-refractivity contribution is 6.30. The van der Waals surface area contributed by atoms with Crippen LogP contribution < -0.4 is 15.4 Å². The Kier molecular flexibility index (Phi) is 8.41. The monoisotopic (exact) mass is 535 g/mol. The molecule has 2 aliphatic rings. The van der Waals surface area contributed by atoms with Gasteiger partial charge in [0, 0.05) is 48.1 Å². The molecule has 0 unspecified atom stereocenters. The molecule has 2 aromatic rings. The third-order valence-corrected chi connectivity index (χ3v) is 7.76. The van der Waals surface area contributed by atoms with Crippen molar-refractivity contribution < 1.29 is 23.4 Å². The lowest BCUT2D eigenvalue weighted by Gasteiger charge is -2.47. The Morgan fingerprint density at radius 1 is 1.27 bits per heavy atom. The molecular formula is C28H36ClF2N3O3. The first kappa shape index (κ1) is 27.7. The van der Waals surface area contributed by atoms with Gasteiger partial charge in [-0.05, 0) is 61.4 Å². The maximum Gasteiger partial charge on any atom is 0.243 e. The SMILES string of the molecule is CC(=O)N[C@@H](Cc1ccc(Cl)cc1)[C@H](O)CN[C@H]1CC2(CCC2)Oc2ncc(CC(C)(C)C(F)F)cc21. The molecule has 4 rings (SSSR count). The summed E-state index contributed by atoms with van der Waals surface area (Å²) in [7, 11) is 0. The number of fused-ring (bicyclic) bond motifs is 1. The largest absolute Gasteiger partial charge is 0.471 e. The van der Waals surface area contributed by atoms with E-state index in [2.05, 4.69) is 15.6 Å². The van der Waals surface area contributed by atoms with E-state index in [0.717, 1.165) is 36.0 Å². The number of aliphatic hydroxyl groups excluding tert-OH is 1. The second-order valence-corrected chi connectivity index (χ2v) is 11.6. The number of pyridine rings is 1. The van der Waals surface area contributed by atoms with Gasteiger partial charge in [0.25, 0.3) is 0 Å². The minimum absolute atomic E-state index is 0.158. The fraction of sp³-hybridized carbons (Fsp3) is 0.571. The van der Waals surface area contributed by atoms with Crippen LogP contribution in [0.5, 0.6) is 5.88 Å². The molecule has 3 atom stereocenters. The lowest BCUT2D eigenvalue weighted by Crippen LogP contribution is -2.52. The van der Waals surface area contributed by atoms with Crippen LogP contribution in [0.2, 0.25) is 5.02 Å². The van der Waals surface area contributed by atoms with E-state index in [1.54, 1.807) is 32.2 Å². The van der Waals surface area contributed by atoms with Crippen molar-refractivity contribution in [1.82, 2.24) is 15.6 Å². The summed E-state index contributed by atoms with van der Waals surface area (Å²) in [5.41, 5.74) is 1.03. The van der Waals surface area contributed by atoms with Crippen LogP contribution in [0.4, 0.5) is 8.78 Å². The Labute approximate surface area is 222 Å². The predicted octanol–water partition coefficient (Wildman–Crippen LogP) is 5.01. The fourth-order valence-electron chi connectivity index (χ4n) is 5.16. The molecule has 0 saturated heterocycles. The van der Waals surface area contributed by atoms with Crippen LogP contribution in [0, 0.1) is 5.41 Å². The summed E-state index contributed by atoms with van der Waals surface area (Å²) in [6, 6.07) is 8.56. The summed E-state index contributed by atoms with van der Waals surface area (Å²) in [5.74, 6) is 0.300. The van der Waals surface area contributed by atoms with Gasteiger partial charge < -0.3 is 20.5 Å². The molecule has 2 heterocycles. The van der Waals surface area contributed by atoms with E-state index in [4.69, 9.17) is 16.3 Å². The van der Waals surface area contributed by atoms with E-state index in [0.29, 0.717) is 23.7 Å². The number of nitrogens with zero attached hydrogens (tertiary/aromatic N) is 1. The molecule has 3 N–H and O–H groups in total. The zero-order valence-corrected chi connectivity index (χ0v) is 22.3. The van der Waals surface area contributed by atoms with Crippen molar-refractivity contribution in [1.29, 1.82) is 0 Å². The highest BCUT2D eigenvalue weighted by Crippen LogP contribution is 2.48. The molecule has 1 fully saturated rings. The molecule has 202 valence electrons. The molecule has 37 heavy (non-hydrogen) atoms. The first-order valence-corrected chi connectivity index (χ1v) is 13.2. The minimum Gasteiger partial charge on any atom is -0.471 e. The van der Waals surface area contributed by atoms with E-state index < -0.39 is 24.0 Å². The van der Waals surface area contributed by atoms with Gasteiger partial charge in [-0.25, -0.2) is 13.8 Å². The molecule has 0 bridgehead atoms. The molecule has 6 nitrogen and oxygen atoms in total. The number of nitrogens with one attached hydrogen (secondary N) is 2. The third kappa shape index (κ3) is 6.78. The Bertz CT molecular complexity index is 1090. The number of halogens is 3. The number of rotatable bonds is 10. The zero-order valence-electron chi connectivity index (χ0n) is 21.6. The summed E-state index contributed by atoms with van der Waals surface area (Å²) in [4.78, 5) is 16.4. The quantitative estimate of drug-likeness (QED) is 0.398. The van der Waals surface area contributed by atoms with Crippen molar-refractivity contribution in [3.63, 3.8) is 0 Å². The van der Waals surface area contributed by atoms with Crippen LogP contribution in [0.15, 0.2) is 36.5 Å². The van der Waals surface area contributed by atoms with Gasteiger partial charge >= 0.3 is 0 Å². The van der Waals surface area contributed by atoms with Crippen LogP contribution in [0.25, 0.3) is 0 Å². The van der Waals surface area contributed by atoms with Gasteiger partial charge in [-0.1, -0.05) is 37.6 Å². The van der Waals surface area contributed by atoms with Gasteiger partial charge in [-0.3, -0.25) is 4.79 Å². The number of aliphatic hydroxyl groups is 1. The van der Waals surface area contributed by atoms with E-state index >= 15 is 0 Å². The molecule has 1 amide bonds. The van der Waals surface area contributed by atoms with Crippen molar-refractivity contribution in [2.45, 2.75) is 89.5 Å². The maximum absolute atomic E-state index is 13.5. The molecule has 0 radical (unpaired) electrons. The van der Waals surface area contributed by atoms with Gasteiger partial charge in [-0.2, -0.15) is 0 Å². The fourth-order valence-corrected chi connectivity index (χ4v) is 5.29. The Morgan fingerprint density at radius 2 is 1.97 bits per heavy atom. The third-order valence-electron chi connectivity index (χ3n) is 7.51. The molecule has 9 heteroatoms. The average Bonchev–Trinajstić information content (AvgIpc) is 2.81. The molecule has 1 aromatic carbocycles. The Hall–Kier alpha value is -2.29. The van der Waals surface area contributed by atoms with Crippen LogP contribution in [-0.4, -0.2) is 46.7 Å². The number of amides is 1. The number of carbonyl (C=O) groups is 1. The first-order valence-electron chi connectivity index (χ1n) is 12.9. The minimum atomic E-state index is -2.45. The van der Waals surface area contributed by atoms with Gasteiger partial charge in [0.05, 0.1) is 12.1 Å². The van der Waals surface area contributed by atoms with Crippen molar-refractivity contribution in [3.8, 4) is 5.88 Å². The summed E-state index contributed by atoms with van der Waals surface area (Å²) >= 11 is 5.99. The molecule has 1 spiro atoms. The number of benzene rings is 1. The van der Waals surface area contributed by atoms with Crippen LogP contribution in [0.3, 0.4) is 0 Å². The molecule has 1 aromatic heterocycles. The van der Waals surface area contributed by atoms with E-state index in [9.17, 15) is 18.7 Å². The van der Waals surface area contributed by atoms with E-state index in [1.165, 1.54) is 6.92 Å². The number of carbonyl (C=O) groups excluding carboxylic acids is 1. The Balaban J connectivity index is 1.50. The number of alkyl halides is 2. The molecule has 1 aliphatic heterocycles. The first-order chi connectivity index (χ1) is 17.5. The smallest absolute Gasteiger partial charge is 0.243 e. The predicted molar refractivity (Wildman–Crippen MR) is 139 cm³/mol. The normalized spacial score (nSPS) is 20.1. The summed E-state index contributed by atoms with van der Waals surface area (Å²) in [6.07, 6.45) is 2.60. The number of hydrogen-bond donors (Lipinski definition) is 3. The second kappa shape index (κ2) is 11.2. The lowest BCUT2D eigenvalue weighted by atomic mass is 9.73. The number of hydrogen-bond acceptors (Lipinski definition) is 5. The second-order valence-electron chi connectivity index (χ2n) is 11.2. The maximum atomic E-state index is 13.5. The highest BCUT2D eigenvalue weighted by Gasteiger charge is 2.46. The molecule has 1 saturated carbocycles. The topological polar surface area (TPSA) is 83.5 Å². The van der Waals surface area contributed by atoms with Crippen molar-refractivity contribution >= 4 is 17.5 Å². The van der Waals surface area contributed by atoms with Gasteiger partial charge in [0.2, 0.25) is 18.2 Å². The van der Waals surface area contributed by atoms with Gasteiger partial charge in [-0.15, -0.1) is 0 Å². The lowest BCUT2D eigenvalue weighted by molar-refractivity contribution is -0.120. The van der Waals surface area contributed by atoms with Crippen molar-refractivity contribution in [2.24, 2.45) is 5.41 Å². The van der Waals surface area contributed by atoms with E-state index in [1.807, 2.05) is 18.2 Å². The number of aromatic nitrogens is 1. The van der Waals surface area contributed by atoms with Crippen LogP contribution in [-0.2, 0) is 17.6 Å². The van der Waals surface area contributed by atoms with Crippen LogP contribution >= 0.6 is 11.6 Å².